The molecule has 1 atom stereocenters. The Kier molecular flexibility index (Phi) is 5.12. The van der Waals surface area contributed by atoms with E-state index in [1.165, 1.54) is 16.8 Å². The van der Waals surface area contributed by atoms with E-state index in [1.807, 2.05) is 13.8 Å². The molecule has 1 aromatic rings. The van der Waals surface area contributed by atoms with Crippen molar-refractivity contribution in [3.8, 4) is 12.3 Å². The van der Waals surface area contributed by atoms with Gasteiger partial charge in [0.05, 0.1) is 17.2 Å². The van der Waals surface area contributed by atoms with Gasteiger partial charge in [0.1, 0.15) is 5.69 Å². The van der Waals surface area contributed by atoms with Crippen molar-refractivity contribution in [3.05, 3.63) is 28.1 Å². The van der Waals surface area contributed by atoms with E-state index in [9.17, 15) is 14.9 Å². The minimum Gasteiger partial charge on any atom is -0.337 e. The third-order valence-electron chi connectivity index (χ3n) is 2.75. The van der Waals surface area contributed by atoms with Crippen molar-refractivity contribution in [2.45, 2.75) is 39.3 Å². The van der Waals surface area contributed by atoms with Gasteiger partial charge in [0.25, 0.3) is 11.6 Å². The van der Waals surface area contributed by atoms with E-state index < -0.39 is 4.92 Å². The van der Waals surface area contributed by atoms with E-state index in [4.69, 9.17) is 6.42 Å². The number of amides is 1. The van der Waals surface area contributed by atoms with Crippen LogP contribution in [0.2, 0.25) is 0 Å². The largest absolute Gasteiger partial charge is 0.337 e. The van der Waals surface area contributed by atoms with Crippen molar-refractivity contribution in [3.63, 3.8) is 0 Å². The molecule has 0 saturated carbocycles. The smallest absolute Gasteiger partial charge is 0.287 e. The molecule has 0 radical (unpaired) electrons. The number of aromatic nitrogens is 1. The fourth-order valence-corrected chi connectivity index (χ4v) is 1.76. The number of carbonyl (C=O) groups excluding carboxylic acids is 1. The van der Waals surface area contributed by atoms with Crippen LogP contribution >= 0.6 is 0 Å². The van der Waals surface area contributed by atoms with Crippen LogP contribution in [0.25, 0.3) is 0 Å². The third-order valence-corrected chi connectivity index (χ3v) is 2.75. The van der Waals surface area contributed by atoms with Crippen molar-refractivity contribution in [2.24, 2.45) is 0 Å². The number of carbonyl (C=O) groups is 1. The van der Waals surface area contributed by atoms with Crippen molar-refractivity contribution < 1.29 is 9.72 Å². The minimum atomic E-state index is -0.520. The van der Waals surface area contributed by atoms with Crippen LogP contribution in [0, 0.1) is 22.5 Å². The fraction of sp³-hybridized carbons (Fsp3) is 0.462. The molecule has 0 aliphatic rings. The summed E-state index contributed by atoms with van der Waals surface area (Å²) in [4.78, 5) is 22.2. The third kappa shape index (κ3) is 3.58. The molecule has 6 heteroatoms. The summed E-state index contributed by atoms with van der Waals surface area (Å²) in [6, 6.07) is 0.912. The predicted molar refractivity (Wildman–Crippen MR) is 71.8 cm³/mol. The molecule has 1 rings (SSSR count). The van der Waals surface area contributed by atoms with Gasteiger partial charge in [-0.15, -0.1) is 6.42 Å². The molecule has 0 aromatic carbocycles. The Balaban J connectivity index is 2.93. The summed E-state index contributed by atoms with van der Waals surface area (Å²) >= 11 is 0. The SMILES string of the molecule is C#CC(CCC)NC(=O)c1cc([N+](=O)[O-])cn1CC. The predicted octanol–water partition coefficient (Wildman–Crippen LogP) is 1.95. The number of terminal acetylenes is 1. The molecule has 0 aliphatic heterocycles. The lowest BCUT2D eigenvalue weighted by molar-refractivity contribution is -0.384. The zero-order chi connectivity index (χ0) is 14.4. The minimum absolute atomic E-state index is 0.0975. The van der Waals surface area contributed by atoms with Crippen molar-refractivity contribution >= 4 is 11.6 Å². The molecule has 0 bridgehead atoms. The lowest BCUT2D eigenvalue weighted by Gasteiger charge is -2.12. The molecule has 102 valence electrons. The van der Waals surface area contributed by atoms with Crippen LogP contribution in [0.3, 0.4) is 0 Å². The fourth-order valence-electron chi connectivity index (χ4n) is 1.76. The van der Waals surface area contributed by atoms with E-state index in [0.29, 0.717) is 13.0 Å². The Hall–Kier alpha value is -2.29. The van der Waals surface area contributed by atoms with Gasteiger partial charge in [-0.3, -0.25) is 14.9 Å². The molecule has 0 aliphatic carbocycles. The topological polar surface area (TPSA) is 77.2 Å². The van der Waals surface area contributed by atoms with Gasteiger partial charge in [-0.1, -0.05) is 19.3 Å². The summed E-state index contributed by atoms with van der Waals surface area (Å²) in [5, 5.41) is 13.4. The monoisotopic (exact) mass is 263 g/mol. The molecule has 0 spiro atoms. The van der Waals surface area contributed by atoms with E-state index >= 15 is 0 Å². The van der Waals surface area contributed by atoms with E-state index in [0.717, 1.165) is 6.42 Å². The second kappa shape index (κ2) is 6.59. The molecule has 1 N–H and O–H groups in total. The van der Waals surface area contributed by atoms with Gasteiger partial charge < -0.3 is 9.88 Å². The van der Waals surface area contributed by atoms with Gasteiger partial charge in [-0.25, -0.2) is 0 Å². The van der Waals surface area contributed by atoms with Crippen LogP contribution < -0.4 is 5.32 Å². The Bertz CT molecular complexity index is 514. The zero-order valence-corrected chi connectivity index (χ0v) is 11.0. The van der Waals surface area contributed by atoms with Gasteiger partial charge >= 0.3 is 0 Å². The maximum Gasteiger partial charge on any atom is 0.287 e. The first-order valence-electron chi connectivity index (χ1n) is 6.15. The Morgan fingerprint density at radius 2 is 2.32 bits per heavy atom. The molecule has 1 amide bonds. The highest BCUT2D eigenvalue weighted by atomic mass is 16.6. The summed E-state index contributed by atoms with van der Waals surface area (Å²) < 4.78 is 1.53. The molecule has 1 unspecified atom stereocenters. The summed E-state index contributed by atoms with van der Waals surface area (Å²) in [5.74, 6) is 2.11. The normalized spacial score (nSPS) is 11.6. The average molecular weight is 263 g/mol. The molecular formula is C13H17N3O3. The summed E-state index contributed by atoms with van der Waals surface area (Å²) in [7, 11) is 0. The standard InChI is InChI=1S/C13H17N3O3/c1-4-7-10(5-2)14-13(17)12-8-11(16(18)19)9-15(12)6-3/h2,8-10H,4,6-7H2,1,3H3,(H,14,17). The number of nitrogens with zero attached hydrogens (tertiary/aromatic N) is 2. The molecule has 0 saturated heterocycles. The van der Waals surface area contributed by atoms with Crippen LogP contribution in [-0.2, 0) is 6.54 Å². The van der Waals surface area contributed by atoms with Gasteiger partial charge in [0.15, 0.2) is 0 Å². The van der Waals surface area contributed by atoms with Crippen LogP contribution in [0.5, 0.6) is 0 Å². The quantitative estimate of drug-likeness (QED) is 0.484. The van der Waals surface area contributed by atoms with Gasteiger partial charge in [0, 0.05) is 12.6 Å². The molecular weight excluding hydrogens is 246 g/mol. The first kappa shape index (κ1) is 14.8. The first-order valence-corrected chi connectivity index (χ1v) is 6.15. The van der Waals surface area contributed by atoms with Gasteiger partial charge in [0.2, 0.25) is 0 Å². The number of nitrogens with one attached hydrogen (secondary N) is 1. The van der Waals surface area contributed by atoms with Gasteiger partial charge in [-0.2, -0.15) is 0 Å². The van der Waals surface area contributed by atoms with Gasteiger partial charge in [-0.05, 0) is 13.3 Å². The molecule has 0 fully saturated rings. The second-order valence-corrected chi connectivity index (χ2v) is 4.11. The first-order chi connectivity index (χ1) is 9.03. The average Bonchev–Trinajstić information content (AvgIpc) is 2.82. The summed E-state index contributed by atoms with van der Waals surface area (Å²) in [6.45, 7) is 4.26. The van der Waals surface area contributed by atoms with Crippen LogP contribution in [0.4, 0.5) is 5.69 Å². The Morgan fingerprint density at radius 1 is 1.63 bits per heavy atom. The lowest BCUT2D eigenvalue weighted by Crippen LogP contribution is -2.34. The summed E-state index contributed by atoms with van der Waals surface area (Å²) in [5.41, 5.74) is 0.158. The number of rotatable bonds is 6. The van der Waals surface area contributed by atoms with E-state index in [2.05, 4.69) is 11.2 Å². The van der Waals surface area contributed by atoms with Crippen molar-refractivity contribution in [1.29, 1.82) is 0 Å². The second-order valence-electron chi connectivity index (χ2n) is 4.11. The van der Waals surface area contributed by atoms with E-state index in [-0.39, 0.29) is 23.3 Å². The van der Waals surface area contributed by atoms with Crippen molar-refractivity contribution in [2.75, 3.05) is 0 Å². The summed E-state index contributed by atoms with van der Waals surface area (Å²) in [6.07, 6.45) is 8.21. The zero-order valence-electron chi connectivity index (χ0n) is 11.0. The lowest BCUT2D eigenvalue weighted by atomic mass is 10.2. The number of hydrogen-bond donors (Lipinski definition) is 1. The molecule has 19 heavy (non-hydrogen) atoms. The maximum absolute atomic E-state index is 12.1. The number of nitro groups is 1. The highest BCUT2D eigenvalue weighted by Gasteiger charge is 2.20. The Morgan fingerprint density at radius 3 is 2.79 bits per heavy atom. The van der Waals surface area contributed by atoms with E-state index in [1.54, 1.807) is 0 Å². The Labute approximate surface area is 111 Å². The highest BCUT2D eigenvalue weighted by Crippen LogP contribution is 2.16. The van der Waals surface area contributed by atoms with Crippen LogP contribution in [0.15, 0.2) is 12.3 Å². The number of hydrogen-bond acceptors (Lipinski definition) is 3. The van der Waals surface area contributed by atoms with Crippen LogP contribution in [0.1, 0.15) is 37.2 Å². The maximum atomic E-state index is 12.1. The van der Waals surface area contributed by atoms with Crippen molar-refractivity contribution in [1.82, 2.24) is 9.88 Å². The highest BCUT2D eigenvalue weighted by molar-refractivity contribution is 5.94. The number of aryl methyl sites for hydroxylation is 1. The molecule has 1 aromatic heterocycles. The molecule has 6 nitrogen and oxygen atoms in total. The molecule has 1 heterocycles. The van der Waals surface area contributed by atoms with Crippen LogP contribution in [-0.4, -0.2) is 21.4 Å².